The van der Waals surface area contributed by atoms with Gasteiger partial charge >= 0.3 is 0 Å². The monoisotopic (exact) mass is 348 g/mol. The highest BCUT2D eigenvalue weighted by Gasteiger charge is 2.24. The molecule has 1 aromatic carbocycles. The third-order valence-electron chi connectivity index (χ3n) is 4.71. The van der Waals surface area contributed by atoms with Crippen LogP contribution in [0.25, 0.3) is 27.4 Å². The van der Waals surface area contributed by atoms with Gasteiger partial charge in [0.05, 0.1) is 5.39 Å². The summed E-state index contributed by atoms with van der Waals surface area (Å²) in [6, 6.07) is 9.86. The van der Waals surface area contributed by atoms with E-state index in [-0.39, 0.29) is 0 Å². The van der Waals surface area contributed by atoms with Gasteiger partial charge in [-0.2, -0.15) is 0 Å². The van der Waals surface area contributed by atoms with Crippen LogP contribution in [0, 0.1) is 5.92 Å². The summed E-state index contributed by atoms with van der Waals surface area (Å²) < 4.78 is 0. The molecule has 0 radical (unpaired) electrons. The van der Waals surface area contributed by atoms with Crippen molar-refractivity contribution in [1.29, 1.82) is 0 Å². The highest BCUT2D eigenvalue weighted by molar-refractivity contribution is 7.18. The second-order valence-electron chi connectivity index (χ2n) is 6.50. The first kappa shape index (κ1) is 14.7. The van der Waals surface area contributed by atoms with E-state index < -0.39 is 0 Å². The summed E-state index contributed by atoms with van der Waals surface area (Å²) in [5.41, 5.74) is 2.31. The Balaban J connectivity index is 1.65. The number of benzene rings is 1. The Morgan fingerprint density at radius 1 is 1.16 bits per heavy atom. The third-order valence-corrected chi connectivity index (χ3v) is 5.87. The van der Waals surface area contributed by atoms with Crippen molar-refractivity contribution in [3.8, 4) is 17.2 Å². The van der Waals surface area contributed by atoms with Gasteiger partial charge in [-0.3, -0.25) is 0 Å². The van der Waals surface area contributed by atoms with Gasteiger partial charge in [0.25, 0.3) is 0 Å². The molecule has 6 nitrogen and oxygen atoms in total. The Kier molecular flexibility index (Phi) is 3.34. The zero-order chi connectivity index (χ0) is 16.8. The first-order chi connectivity index (χ1) is 12.3. The van der Waals surface area contributed by atoms with Crippen molar-refractivity contribution in [2.75, 3.05) is 0 Å². The molecule has 124 valence electrons. The van der Waals surface area contributed by atoms with Crippen LogP contribution in [0.1, 0.15) is 23.8 Å². The smallest absolute Gasteiger partial charge is 0.205 e. The molecule has 0 spiro atoms. The molecule has 0 unspecified atom stereocenters. The van der Waals surface area contributed by atoms with Gasteiger partial charge in [0, 0.05) is 10.4 Å². The number of tetrazole rings is 1. The molecule has 0 saturated carbocycles. The van der Waals surface area contributed by atoms with Crippen molar-refractivity contribution in [3.05, 3.63) is 47.1 Å². The lowest BCUT2D eigenvalue weighted by Gasteiger charge is -2.17. The number of aryl methyl sites for hydroxylation is 1. The van der Waals surface area contributed by atoms with E-state index in [1.165, 1.54) is 21.7 Å². The van der Waals surface area contributed by atoms with Gasteiger partial charge in [0.1, 0.15) is 11.2 Å². The van der Waals surface area contributed by atoms with Crippen molar-refractivity contribution in [3.63, 3.8) is 0 Å². The van der Waals surface area contributed by atoms with Crippen LogP contribution >= 0.6 is 11.3 Å². The van der Waals surface area contributed by atoms with Gasteiger partial charge < -0.3 is 0 Å². The zero-order valence-corrected chi connectivity index (χ0v) is 14.6. The summed E-state index contributed by atoms with van der Waals surface area (Å²) in [7, 11) is 0. The second-order valence-corrected chi connectivity index (χ2v) is 7.58. The van der Waals surface area contributed by atoms with Crippen LogP contribution in [0.2, 0.25) is 0 Å². The van der Waals surface area contributed by atoms with Crippen molar-refractivity contribution in [2.24, 2.45) is 5.92 Å². The van der Waals surface area contributed by atoms with Gasteiger partial charge in [-0.15, -0.1) is 26.3 Å². The van der Waals surface area contributed by atoms with Gasteiger partial charge in [-0.1, -0.05) is 37.3 Å². The number of rotatable bonds is 2. The molecule has 0 saturated heterocycles. The molecule has 1 atom stereocenters. The molecule has 0 bridgehead atoms. The van der Waals surface area contributed by atoms with E-state index in [1.807, 2.05) is 30.3 Å². The summed E-state index contributed by atoms with van der Waals surface area (Å²) in [5, 5.41) is 14.1. The van der Waals surface area contributed by atoms with Gasteiger partial charge in [-0.05, 0) is 36.0 Å². The fourth-order valence-electron chi connectivity index (χ4n) is 3.42. The van der Waals surface area contributed by atoms with Crippen molar-refractivity contribution in [2.45, 2.75) is 26.2 Å². The molecule has 0 amide bonds. The largest absolute Gasteiger partial charge is 0.225 e. The molecule has 25 heavy (non-hydrogen) atoms. The minimum absolute atomic E-state index is 0.602. The van der Waals surface area contributed by atoms with E-state index in [0.717, 1.165) is 40.4 Å². The molecule has 0 N–H and O–H groups in total. The maximum atomic E-state index is 4.55. The summed E-state index contributed by atoms with van der Waals surface area (Å²) >= 11 is 1.78. The van der Waals surface area contributed by atoms with E-state index in [0.29, 0.717) is 5.82 Å². The Labute approximate surface area is 148 Å². The first-order valence-corrected chi connectivity index (χ1v) is 9.22. The van der Waals surface area contributed by atoms with Crippen LogP contribution in [0.5, 0.6) is 0 Å². The van der Waals surface area contributed by atoms with Crippen molar-refractivity contribution in [1.82, 2.24) is 30.2 Å². The second kappa shape index (κ2) is 5.70. The number of fused-ring (bicyclic) bond motifs is 3. The minimum atomic E-state index is 0.602. The fourth-order valence-corrected chi connectivity index (χ4v) is 4.76. The van der Waals surface area contributed by atoms with Crippen LogP contribution in [-0.4, -0.2) is 30.2 Å². The van der Waals surface area contributed by atoms with Crippen molar-refractivity contribution >= 4 is 21.6 Å². The van der Waals surface area contributed by atoms with E-state index in [4.69, 9.17) is 0 Å². The number of hydrogen-bond acceptors (Lipinski definition) is 6. The Morgan fingerprint density at radius 3 is 2.92 bits per heavy atom. The summed E-state index contributed by atoms with van der Waals surface area (Å²) in [6.45, 7) is 2.31. The minimum Gasteiger partial charge on any atom is -0.225 e. The van der Waals surface area contributed by atoms with Crippen LogP contribution < -0.4 is 0 Å². The standard InChI is InChI=1S/C18H16N6S/c1-11-7-8-13-14(9-11)25-18-15(13)17(19-10-20-18)24-22-16(21-23-24)12-5-3-2-4-6-12/h2-6,10-11H,7-9H2,1H3/t11-/m0/s1. The SMILES string of the molecule is C[C@H]1CCc2c(sc3ncnc(-n4nnc(-c5ccccc5)n4)c23)C1. The van der Waals surface area contributed by atoms with Crippen LogP contribution in [0.3, 0.4) is 0 Å². The van der Waals surface area contributed by atoms with Crippen LogP contribution in [-0.2, 0) is 12.8 Å². The lowest BCUT2D eigenvalue weighted by atomic mass is 9.89. The summed E-state index contributed by atoms with van der Waals surface area (Å²) in [6.07, 6.45) is 4.98. The summed E-state index contributed by atoms with van der Waals surface area (Å²) in [4.78, 5) is 12.9. The van der Waals surface area contributed by atoms with Crippen LogP contribution in [0.4, 0.5) is 0 Å². The highest BCUT2D eigenvalue weighted by Crippen LogP contribution is 2.38. The van der Waals surface area contributed by atoms with Gasteiger partial charge in [-0.25, -0.2) is 9.97 Å². The normalized spacial score (nSPS) is 16.9. The van der Waals surface area contributed by atoms with Gasteiger partial charge in [0.2, 0.25) is 5.82 Å². The molecular formula is C18H16N6S. The van der Waals surface area contributed by atoms with Crippen molar-refractivity contribution < 1.29 is 0 Å². The zero-order valence-electron chi connectivity index (χ0n) is 13.8. The third kappa shape index (κ3) is 2.42. The molecule has 0 aliphatic heterocycles. The van der Waals surface area contributed by atoms with E-state index in [2.05, 4.69) is 32.3 Å². The number of aromatic nitrogens is 6. The van der Waals surface area contributed by atoms with E-state index in [1.54, 1.807) is 17.7 Å². The van der Waals surface area contributed by atoms with Crippen LogP contribution in [0.15, 0.2) is 36.7 Å². The number of thiophene rings is 1. The number of hydrogen-bond donors (Lipinski definition) is 0. The molecule has 0 fully saturated rings. The lowest BCUT2D eigenvalue weighted by Crippen LogP contribution is -2.10. The predicted octanol–water partition coefficient (Wildman–Crippen LogP) is 3.46. The van der Waals surface area contributed by atoms with Gasteiger partial charge in [0.15, 0.2) is 5.82 Å². The fraction of sp³-hybridized carbons (Fsp3) is 0.278. The number of nitrogens with zero attached hydrogens (tertiary/aromatic N) is 6. The highest BCUT2D eigenvalue weighted by atomic mass is 32.1. The topological polar surface area (TPSA) is 69.4 Å². The quantitative estimate of drug-likeness (QED) is 0.555. The molecule has 3 aromatic heterocycles. The van der Waals surface area contributed by atoms with E-state index in [9.17, 15) is 0 Å². The average Bonchev–Trinajstić information content (AvgIpc) is 3.26. The molecule has 4 aromatic rings. The Hall–Kier alpha value is -2.67. The molecule has 3 heterocycles. The maximum Gasteiger partial charge on any atom is 0.205 e. The maximum absolute atomic E-state index is 4.55. The lowest BCUT2D eigenvalue weighted by molar-refractivity contribution is 0.509. The van der Waals surface area contributed by atoms with E-state index >= 15 is 0 Å². The molecule has 1 aliphatic carbocycles. The Morgan fingerprint density at radius 2 is 2.04 bits per heavy atom. The predicted molar refractivity (Wildman–Crippen MR) is 96.8 cm³/mol. The Bertz CT molecular complexity index is 1050. The first-order valence-electron chi connectivity index (χ1n) is 8.40. The molecule has 5 rings (SSSR count). The molecule has 1 aliphatic rings. The molecule has 7 heteroatoms. The summed E-state index contributed by atoms with van der Waals surface area (Å²) in [5.74, 6) is 2.06. The molecular weight excluding hydrogens is 332 g/mol. The average molecular weight is 348 g/mol.